The second-order valence-electron chi connectivity index (χ2n) is 5.36. The van der Waals surface area contributed by atoms with Crippen molar-refractivity contribution in [2.24, 2.45) is 0 Å². The van der Waals surface area contributed by atoms with Crippen LogP contribution in [-0.4, -0.2) is 25.0 Å². The lowest BCUT2D eigenvalue weighted by molar-refractivity contribution is 0.0924. The Hall–Kier alpha value is -2.21. The Morgan fingerprint density at radius 1 is 1.27 bits per heavy atom. The van der Waals surface area contributed by atoms with Crippen molar-refractivity contribution in [3.05, 3.63) is 59.6 Å². The zero-order valence-corrected chi connectivity index (χ0v) is 11.8. The molecule has 116 valence electrons. The van der Waals surface area contributed by atoms with Crippen LogP contribution < -0.4 is 10.6 Å². The molecule has 2 aromatic rings. The highest BCUT2D eigenvalue weighted by Gasteiger charge is 2.28. The molecule has 6 heteroatoms. The highest BCUT2D eigenvalue weighted by atomic mass is 19.2. The van der Waals surface area contributed by atoms with Gasteiger partial charge in [-0.15, -0.1) is 0 Å². The average molecular weight is 306 g/mol. The first-order chi connectivity index (χ1) is 10.6. The fraction of sp³-hybridized carbons (Fsp3) is 0.312. The first-order valence-electron chi connectivity index (χ1n) is 7.14. The lowest BCUT2D eigenvalue weighted by Gasteiger charge is -2.33. The summed E-state index contributed by atoms with van der Waals surface area (Å²) < 4.78 is 31.4. The molecule has 2 N–H and O–H groups in total. The maximum Gasteiger partial charge on any atom is 0.254 e. The molecule has 2 heterocycles. The van der Waals surface area contributed by atoms with E-state index in [1.54, 1.807) is 12.1 Å². The van der Waals surface area contributed by atoms with E-state index in [1.807, 2.05) is 0 Å². The molecule has 1 saturated heterocycles. The third kappa shape index (κ3) is 3.01. The zero-order chi connectivity index (χ0) is 15.5. The van der Waals surface area contributed by atoms with Crippen molar-refractivity contribution in [2.75, 3.05) is 13.1 Å². The van der Waals surface area contributed by atoms with Crippen molar-refractivity contribution in [3.63, 3.8) is 0 Å². The van der Waals surface area contributed by atoms with Crippen LogP contribution in [0, 0.1) is 11.6 Å². The van der Waals surface area contributed by atoms with Crippen LogP contribution in [0.25, 0.3) is 0 Å². The second kappa shape index (κ2) is 6.27. The van der Waals surface area contributed by atoms with Gasteiger partial charge in [-0.05, 0) is 36.7 Å². The Kier molecular flexibility index (Phi) is 4.20. The number of hydrogen-bond donors (Lipinski definition) is 2. The van der Waals surface area contributed by atoms with Gasteiger partial charge in [-0.2, -0.15) is 0 Å². The van der Waals surface area contributed by atoms with E-state index >= 15 is 0 Å². The molecule has 1 fully saturated rings. The molecule has 0 aliphatic carbocycles. The molecular weight excluding hydrogens is 290 g/mol. The van der Waals surface area contributed by atoms with Gasteiger partial charge in [-0.1, -0.05) is 6.07 Å². The van der Waals surface area contributed by atoms with Crippen LogP contribution in [0.15, 0.2) is 41.2 Å². The van der Waals surface area contributed by atoms with Crippen molar-refractivity contribution < 1.29 is 18.0 Å². The van der Waals surface area contributed by atoms with Gasteiger partial charge >= 0.3 is 0 Å². The number of benzene rings is 1. The SMILES string of the molecule is O=C(NC1CNCCC1c1ccc(F)c(F)c1)c1ccoc1. The predicted molar refractivity (Wildman–Crippen MR) is 76.5 cm³/mol. The molecule has 3 rings (SSSR count). The largest absolute Gasteiger partial charge is 0.472 e. The Morgan fingerprint density at radius 2 is 2.14 bits per heavy atom. The number of carbonyl (C=O) groups excluding carboxylic acids is 1. The molecule has 1 aliphatic rings. The minimum Gasteiger partial charge on any atom is -0.472 e. The highest BCUT2D eigenvalue weighted by molar-refractivity contribution is 5.94. The minimum atomic E-state index is -0.865. The van der Waals surface area contributed by atoms with Crippen molar-refractivity contribution in [3.8, 4) is 0 Å². The van der Waals surface area contributed by atoms with E-state index in [0.29, 0.717) is 17.7 Å². The third-order valence-electron chi connectivity index (χ3n) is 3.95. The van der Waals surface area contributed by atoms with Crippen molar-refractivity contribution in [1.29, 1.82) is 0 Å². The fourth-order valence-corrected chi connectivity index (χ4v) is 2.80. The van der Waals surface area contributed by atoms with E-state index in [4.69, 9.17) is 4.42 Å². The van der Waals surface area contributed by atoms with Crippen LogP contribution in [0.2, 0.25) is 0 Å². The topological polar surface area (TPSA) is 54.3 Å². The lowest BCUT2D eigenvalue weighted by Crippen LogP contribution is -2.50. The molecule has 4 nitrogen and oxygen atoms in total. The Morgan fingerprint density at radius 3 is 2.86 bits per heavy atom. The van der Waals surface area contributed by atoms with Crippen molar-refractivity contribution >= 4 is 5.91 Å². The number of nitrogens with one attached hydrogen (secondary N) is 2. The number of carbonyl (C=O) groups is 1. The third-order valence-corrected chi connectivity index (χ3v) is 3.95. The van der Waals surface area contributed by atoms with Gasteiger partial charge in [0.05, 0.1) is 11.8 Å². The molecule has 1 aromatic heterocycles. The van der Waals surface area contributed by atoms with E-state index in [-0.39, 0.29) is 17.9 Å². The number of hydrogen-bond acceptors (Lipinski definition) is 3. The van der Waals surface area contributed by atoms with Gasteiger partial charge in [-0.3, -0.25) is 4.79 Å². The molecular formula is C16H16F2N2O2. The van der Waals surface area contributed by atoms with Gasteiger partial charge in [0, 0.05) is 18.5 Å². The molecule has 0 bridgehead atoms. The summed E-state index contributed by atoms with van der Waals surface area (Å²) in [5, 5.41) is 6.13. The van der Waals surface area contributed by atoms with Gasteiger partial charge in [0.1, 0.15) is 6.26 Å². The summed E-state index contributed by atoms with van der Waals surface area (Å²) in [6.45, 7) is 1.34. The molecule has 0 saturated carbocycles. The van der Waals surface area contributed by atoms with Gasteiger partial charge in [0.25, 0.3) is 5.91 Å². The summed E-state index contributed by atoms with van der Waals surface area (Å²) in [6, 6.07) is 5.30. The van der Waals surface area contributed by atoms with Gasteiger partial charge in [0.15, 0.2) is 11.6 Å². The standard InChI is InChI=1S/C16H16F2N2O2/c17-13-2-1-10(7-14(13)18)12-3-5-19-8-15(12)20-16(21)11-4-6-22-9-11/h1-2,4,6-7,9,12,15,19H,3,5,8H2,(H,20,21). The lowest BCUT2D eigenvalue weighted by atomic mass is 9.86. The van der Waals surface area contributed by atoms with E-state index in [1.165, 1.54) is 18.6 Å². The van der Waals surface area contributed by atoms with Crippen LogP contribution in [0.4, 0.5) is 8.78 Å². The van der Waals surface area contributed by atoms with Crippen LogP contribution in [-0.2, 0) is 0 Å². The monoisotopic (exact) mass is 306 g/mol. The molecule has 2 unspecified atom stereocenters. The summed E-state index contributed by atoms with van der Waals surface area (Å²) in [6.07, 6.45) is 3.54. The van der Waals surface area contributed by atoms with E-state index < -0.39 is 11.6 Å². The first kappa shape index (κ1) is 14.7. The maximum atomic E-state index is 13.5. The average Bonchev–Trinajstić information content (AvgIpc) is 3.05. The molecule has 1 aromatic carbocycles. The summed E-state index contributed by atoms with van der Waals surface area (Å²) >= 11 is 0. The maximum absolute atomic E-state index is 13.5. The van der Waals surface area contributed by atoms with Crippen LogP contribution in [0.3, 0.4) is 0 Å². The zero-order valence-electron chi connectivity index (χ0n) is 11.8. The number of rotatable bonds is 3. The summed E-state index contributed by atoms with van der Waals surface area (Å²) in [5.74, 6) is -2.03. The molecule has 0 radical (unpaired) electrons. The summed E-state index contributed by atoms with van der Waals surface area (Å²) in [7, 11) is 0. The molecule has 2 atom stereocenters. The van der Waals surface area contributed by atoms with Crippen LogP contribution >= 0.6 is 0 Å². The van der Waals surface area contributed by atoms with E-state index in [2.05, 4.69) is 10.6 Å². The molecule has 1 aliphatic heterocycles. The number of halogens is 2. The minimum absolute atomic E-state index is 0.0628. The second-order valence-corrected chi connectivity index (χ2v) is 5.36. The van der Waals surface area contributed by atoms with E-state index in [9.17, 15) is 13.6 Å². The Bertz CT molecular complexity index is 658. The molecule has 0 spiro atoms. The smallest absolute Gasteiger partial charge is 0.254 e. The van der Waals surface area contributed by atoms with Crippen molar-refractivity contribution in [1.82, 2.24) is 10.6 Å². The molecule has 22 heavy (non-hydrogen) atoms. The Labute approximate surface area is 126 Å². The summed E-state index contributed by atoms with van der Waals surface area (Å²) in [5.41, 5.74) is 1.13. The molecule has 1 amide bonds. The van der Waals surface area contributed by atoms with Crippen LogP contribution in [0.5, 0.6) is 0 Å². The predicted octanol–water partition coefficient (Wildman–Crippen LogP) is 2.43. The van der Waals surface area contributed by atoms with Gasteiger partial charge in [0.2, 0.25) is 0 Å². The van der Waals surface area contributed by atoms with E-state index in [0.717, 1.165) is 19.0 Å². The van der Waals surface area contributed by atoms with Crippen LogP contribution in [0.1, 0.15) is 28.3 Å². The number of amides is 1. The Balaban J connectivity index is 1.79. The summed E-state index contributed by atoms with van der Waals surface area (Å²) in [4.78, 5) is 12.1. The normalized spacial score (nSPS) is 21.5. The van der Waals surface area contributed by atoms with Crippen molar-refractivity contribution in [2.45, 2.75) is 18.4 Å². The van der Waals surface area contributed by atoms with Gasteiger partial charge < -0.3 is 15.1 Å². The quantitative estimate of drug-likeness (QED) is 0.916. The highest BCUT2D eigenvalue weighted by Crippen LogP contribution is 2.27. The first-order valence-corrected chi connectivity index (χ1v) is 7.14. The van der Waals surface area contributed by atoms with Gasteiger partial charge in [-0.25, -0.2) is 8.78 Å². The number of furan rings is 1. The fourth-order valence-electron chi connectivity index (χ4n) is 2.80. The number of piperidine rings is 1.